The van der Waals surface area contributed by atoms with E-state index in [1.54, 1.807) is 24.4 Å². The SMILES string of the molecule is O=C(N/N=C/c1ccc(Cl)cc1Cl)C1CCCCC1. The number of amides is 1. The molecule has 0 aromatic heterocycles. The Morgan fingerprint density at radius 2 is 2.00 bits per heavy atom. The Labute approximate surface area is 123 Å². The van der Waals surface area contributed by atoms with Gasteiger partial charge in [0.25, 0.3) is 0 Å². The van der Waals surface area contributed by atoms with Gasteiger partial charge in [-0.3, -0.25) is 4.79 Å². The summed E-state index contributed by atoms with van der Waals surface area (Å²) in [5.74, 6) is 0.104. The van der Waals surface area contributed by atoms with E-state index in [-0.39, 0.29) is 11.8 Å². The molecule has 0 heterocycles. The molecule has 2 rings (SSSR count). The maximum absolute atomic E-state index is 11.8. The fourth-order valence-electron chi connectivity index (χ4n) is 2.23. The first kappa shape index (κ1) is 14.4. The highest BCUT2D eigenvalue weighted by atomic mass is 35.5. The molecular formula is C14H16Cl2N2O. The molecule has 1 aromatic rings. The van der Waals surface area contributed by atoms with E-state index in [9.17, 15) is 4.79 Å². The maximum atomic E-state index is 11.8. The molecule has 1 amide bonds. The van der Waals surface area contributed by atoms with Crippen molar-refractivity contribution in [2.24, 2.45) is 11.0 Å². The summed E-state index contributed by atoms with van der Waals surface area (Å²) in [5, 5.41) is 5.05. The van der Waals surface area contributed by atoms with Crippen LogP contribution in [0.3, 0.4) is 0 Å². The van der Waals surface area contributed by atoms with Crippen LogP contribution in [0.5, 0.6) is 0 Å². The fourth-order valence-corrected chi connectivity index (χ4v) is 2.68. The third-order valence-electron chi connectivity index (χ3n) is 3.32. The van der Waals surface area contributed by atoms with E-state index >= 15 is 0 Å². The van der Waals surface area contributed by atoms with Crippen molar-refractivity contribution in [3.05, 3.63) is 33.8 Å². The van der Waals surface area contributed by atoms with Gasteiger partial charge >= 0.3 is 0 Å². The zero-order valence-electron chi connectivity index (χ0n) is 10.5. The van der Waals surface area contributed by atoms with Gasteiger partial charge in [0, 0.05) is 16.5 Å². The summed E-state index contributed by atoms with van der Waals surface area (Å²) in [4.78, 5) is 11.8. The topological polar surface area (TPSA) is 41.5 Å². The van der Waals surface area contributed by atoms with Crippen molar-refractivity contribution < 1.29 is 4.79 Å². The van der Waals surface area contributed by atoms with E-state index in [0.717, 1.165) is 31.2 Å². The summed E-state index contributed by atoms with van der Waals surface area (Å²) < 4.78 is 0. The number of hydrogen-bond acceptors (Lipinski definition) is 2. The van der Waals surface area contributed by atoms with Crippen molar-refractivity contribution in [1.82, 2.24) is 5.43 Å². The van der Waals surface area contributed by atoms with E-state index in [2.05, 4.69) is 10.5 Å². The van der Waals surface area contributed by atoms with Gasteiger partial charge in [-0.05, 0) is 25.0 Å². The van der Waals surface area contributed by atoms with E-state index < -0.39 is 0 Å². The summed E-state index contributed by atoms with van der Waals surface area (Å²) in [5.41, 5.74) is 3.31. The molecule has 0 saturated heterocycles. The normalized spacial score (nSPS) is 16.7. The second-order valence-corrected chi connectivity index (χ2v) is 5.58. The number of carbonyl (C=O) groups excluding carboxylic acids is 1. The lowest BCUT2D eigenvalue weighted by Crippen LogP contribution is -2.28. The number of nitrogens with one attached hydrogen (secondary N) is 1. The second kappa shape index (κ2) is 6.92. The third kappa shape index (κ3) is 4.22. The van der Waals surface area contributed by atoms with Gasteiger partial charge in [-0.1, -0.05) is 48.5 Å². The molecule has 1 aromatic carbocycles. The van der Waals surface area contributed by atoms with Gasteiger partial charge in [-0.15, -0.1) is 0 Å². The summed E-state index contributed by atoms with van der Waals surface area (Å²) in [6.45, 7) is 0. The molecule has 19 heavy (non-hydrogen) atoms. The number of hydrazone groups is 1. The summed E-state index contributed by atoms with van der Waals surface area (Å²) >= 11 is 11.8. The monoisotopic (exact) mass is 298 g/mol. The van der Waals surface area contributed by atoms with Crippen molar-refractivity contribution in [2.45, 2.75) is 32.1 Å². The predicted octanol–water partition coefficient (Wildman–Crippen LogP) is 4.02. The van der Waals surface area contributed by atoms with Crippen LogP contribution in [0.15, 0.2) is 23.3 Å². The molecule has 102 valence electrons. The van der Waals surface area contributed by atoms with Crippen LogP contribution in [0, 0.1) is 5.92 Å². The van der Waals surface area contributed by atoms with E-state index in [1.165, 1.54) is 6.42 Å². The zero-order valence-corrected chi connectivity index (χ0v) is 12.0. The van der Waals surface area contributed by atoms with Gasteiger partial charge in [-0.2, -0.15) is 5.10 Å². The standard InChI is InChI=1S/C14H16Cl2N2O/c15-12-7-6-11(13(16)8-12)9-17-18-14(19)10-4-2-1-3-5-10/h6-10H,1-5H2,(H,18,19)/b17-9+. The van der Waals surface area contributed by atoms with Crippen LogP contribution in [0.4, 0.5) is 0 Å². The van der Waals surface area contributed by atoms with Crippen molar-refractivity contribution in [2.75, 3.05) is 0 Å². The van der Waals surface area contributed by atoms with Gasteiger partial charge in [0.05, 0.1) is 11.2 Å². The molecule has 1 N–H and O–H groups in total. The highest BCUT2D eigenvalue weighted by Gasteiger charge is 2.20. The fraction of sp³-hybridized carbons (Fsp3) is 0.429. The Hall–Kier alpha value is -1.06. The molecule has 0 unspecified atom stereocenters. The Morgan fingerprint density at radius 1 is 1.26 bits per heavy atom. The van der Waals surface area contributed by atoms with Crippen molar-refractivity contribution >= 4 is 35.3 Å². The molecule has 0 bridgehead atoms. The number of nitrogens with zero attached hydrogens (tertiary/aromatic N) is 1. The predicted molar refractivity (Wildman–Crippen MR) is 78.8 cm³/mol. The van der Waals surface area contributed by atoms with Crippen LogP contribution in [-0.4, -0.2) is 12.1 Å². The first-order chi connectivity index (χ1) is 9.16. The summed E-state index contributed by atoms with van der Waals surface area (Å²) in [6, 6.07) is 5.14. The second-order valence-electron chi connectivity index (χ2n) is 4.74. The van der Waals surface area contributed by atoms with Crippen molar-refractivity contribution in [3.8, 4) is 0 Å². The molecule has 5 heteroatoms. The summed E-state index contributed by atoms with van der Waals surface area (Å²) in [7, 11) is 0. The average Bonchev–Trinajstić information content (AvgIpc) is 2.42. The minimum Gasteiger partial charge on any atom is -0.273 e. The number of carbonyl (C=O) groups is 1. The number of rotatable bonds is 3. The average molecular weight is 299 g/mol. The third-order valence-corrected chi connectivity index (χ3v) is 3.88. The molecule has 0 aliphatic heterocycles. The van der Waals surface area contributed by atoms with Crippen LogP contribution in [0.2, 0.25) is 10.0 Å². The van der Waals surface area contributed by atoms with Crippen molar-refractivity contribution in [3.63, 3.8) is 0 Å². The van der Waals surface area contributed by atoms with Gasteiger partial charge in [0.15, 0.2) is 0 Å². The first-order valence-corrected chi connectivity index (χ1v) is 7.20. The van der Waals surface area contributed by atoms with Gasteiger partial charge < -0.3 is 0 Å². The van der Waals surface area contributed by atoms with Crippen LogP contribution < -0.4 is 5.43 Å². The molecule has 1 fully saturated rings. The Kier molecular flexibility index (Phi) is 5.23. The first-order valence-electron chi connectivity index (χ1n) is 6.45. The number of benzene rings is 1. The van der Waals surface area contributed by atoms with E-state index in [1.807, 2.05) is 0 Å². The molecule has 0 atom stereocenters. The molecule has 0 spiro atoms. The van der Waals surface area contributed by atoms with E-state index in [0.29, 0.717) is 10.0 Å². The molecule has 1 aliphatic rings. The highest BCUT2D eigenvalue weighted by molar-refractivity contribution is 6.36. The molecule has 3 nitrogen and oxygen atoms in total. The van der Waals surface area contributed by atoms with Crippen LogP contribution in [0.25, 0.3) is 0 Å². The summed E-state index contributed by atoms with van der Waals surface area (Å²) in [6.07, 6.45) is 6.95. The van der Waals surface area contributed by atoms with Crippen molar-refractivity contribution in [1.29, 1.82) is 0 Å². The van der Waals surface area contributed by atoms with Crippen LogP contribution in [0.1, 0.15) is 37.7 Å². The maximum Gasteiger partial charge on any atom is 0.243 e. The largest absolute Gasteiger partial charge is 0.273 e. The lowest BCUT2D eigenvalue weighted by molar-refractivity contribution is -0.125. The molecule has 1 saturated carbocycles. The lowest BCUT2D eigenvalue weighted by Gasteiger charge is -2.19. The Morgan fingerprint density at radius 3 is 2.68 bits per heavy atom. The highest BCUT2D eigenvalue weighted by Crippen LogP contribution is 2.23. The Balaban J connectivity index is 1.90. The van der Waals surface area contributed by atoms with E-state index in [4.69, 9.17) is 23.2 Å². The van der Waals surface area contributed by atoms with Crippen LogP contribution in [-0.2, 0) is 4.79 Å². The minimum atomic E-state index is 0.000959. The molecule has 1 aliphatic carbocycles. The molecule has 0 radical (unpaired) electrons. The number of hydrogen-bond donors (Lipinski definition) is 1. The molecular weight excluding hydrogens is 283 g/mol. The van der Waals surface area contributed by atoms with Gasteiger partial charge in [-0.25, -0.2) is 5.43 Å². The van der Waals surface area contributed by atoms with Gasteiger partial charge in [0.2, 0.25) is 5.91 Å². The zero-order chi connectivity index (χ0) is 13.7. The Bertz CT molecular complexity index is 482. The lowest BCUT2D eigenvalue weighted by atomic mass is 9.89. The number of halogens is 2. The minimum absolute atomic E-state index is 0.000959. The quantitative estimate of drug-likeness (QED) is 0.664. The van der Waals surface area contributed by atoms with Gasteiger partial charge in [0.1, 0.15) is 0 Å². The smallest absolute Gasteiger partial charge is 0.243 e. The van der Waals surface area contributed by atoms with Crippen LogP contribution >= 0.6 is 23.2 Å².